The van der Waals surface area contributed by atoms with Crippen molar-refractivity contribution >= 4 is 26.0 Å². The van der Waals surface area contributed by atoms with Crippen LogP contribution in [-0.4, -0.2) is 33.9 Å². The van der Waals surface area contributed by atoms with Crippen LogP contribution in [0.3, 0.4) is 0 Å². The van der Waals surface area contributed by atoms with Crippen molar-refractivity contribution < 1.29 is 13.2 Å². The van der Waals surface area contributed by atoms with E-state index in [1.165, 1.54) is 21.2 Å². The molecule has 0 atom stereocenters. The molecule has 1 aromatic carbocycles. The third-order valence-electron chi connectivity index (χ3n) is 2.20. The van der Waals surface area contributed by atoms with Crippen molar-refractivity contribution in [3.05, 3.63) is 22.2 Å². The van der Waals surface area contributed by atoms with Crippen molar-refractivity contribution in [1.29, 1.82) is 0 Å². The number of halogens is 1. The average Bonchev–Trinajstić information content (AvgIpc) is 2.20. The van der Waals surface area contributed by atoms with Crippen LogP contribution in [0.2, 0.25) is 0 Å². The van der Waals surface area contributed by atoms with Crippen LogP contribution in [0.4, 0.5) is 0 Å². The summed E-state index contributed by atoms with van der Waals surface area (Å²) in [6.45, 7) is 1.87. The molecular formula is C10H14BrNO3S. The van der Waals surface area contributed by atoms with Crippen LogP contribution in [-0.2, 0) is 10.0 Å². The number of benzene rings is 1. The van der Waals surface area contributed by atoms with E-state index in [2.05, 4.69) is 15.9 Å². The zero-order valence-corrected chi connectivity index (χ0v) is 12.0. The summed E-state index contributed by atoms with van der Waals surface area (Å²) < 4.78 is 31.0. The Bertz CT molecular complexity index is 497. The summed E-state index contributed by atoms with van der Waals surface area (Å²) in [6, 6.07) is 3.25. The molecular weight excluding hydrogens is 294 g/mol. The van der Waals surface area contributed by atoms with Crippen LogP contribution in [0.1, 0.15) is 5.56 Å². The first-order chi connectivity index (χ1) is 7.30. The molecule has 90 valence electrons. The Kier molecular flexibility index (Phi) is 3.98. The highest BCUT2D eigenvalue weighted by Crippen LogP contribution is 2.31. The van der Waals surface area contributed by atoms with E-state index in [1.807, 2.05) is 6.92 Å². The highest BCUT2D eigenvalue weighted by Gasteiger charge is 2.23. The molecule has 0 aromatic heterocycles. The van der Waals surface area contributed by atoms with Gasteiger partial charge in [-0.3, -0.25) is 0 Å². The lowest BCUT2D eigenvalue weighted by Crippen LogP contribution is -2.22. The molecule has 1 aromatic rings. The summed E-state index contributed by atoms with van der Waals surface area (Å²) in [4.78, 5) is 0.164. The van der Waals surface area contributed by atoms with Crippen molar-refractivity contribution in [3.63, 3.8) is 0 Å². The fraction of sp³-hybridized carbons (Fsp3) is 0.400. The predicted octanol–water partition coefficient (Wildman–Crippen LogP) is 2.02. The summed E-state index contributed by atoms with van der Waals surface area (Å²) >= 11 is 3.31. The van der Waals surface area contributed by atoms with Gasteiger partial charge in [0.2, 0.25) is 10.0 Å². The van der Waals surface area contributed by atoms with E-state index >= 15 is 0 Å². The number of nitrogens with zero attached hydrogens (tertiary/aromatic N) is 1. The van der Waals surface area contributed by atoms with Gasteiger partial charge in [0, 0.05) is 18.6 Å². The van der Waals surface area contributed by atoms with Crippen LogP contribution >= 0.6 is 15.9 Å². The van der Waals surface area contributed by atoms with Crippen LogP contribution in [0.15, 0.2) is 21.5 Å². The third kappa shape index (κ3) is 2.39. The summed E-state index contributed by atoms with van der Waals surface area (Å²) in [6.07, 6.45) is 0. The minimum Gasteiger partial charge on any atom is -0.495 e. The van der Waals surface area contributed by atoms with E-state index in [1.54, 1.807) is 12.1 Å². The summed E-state index contributed by atoms with van der Waals surface area (Å²) in [5, 5.41) is 0. The molecule has 0 N–H and O–H groups in total. The Labute approximate surface area is 104 Å². The number of ether oxygens (including phenoxy) is 1. The summed E-state index contributed by atoms with van der Waals surface area (Å²) in [7, 11) is 0.952. The van der Waals surface area contributed by atoms with Gasteiger partial charge in [0.25, 0.3) is 0 Å². The van der Waals surface area contributed by atoms with Crippen molar-refractivity contribution in [2.45, 2.75) is 11.8 Å². The van der Waals surface area contributed by atoms with E-state index < -0.39 is 10.0 Å². The van der Waals surface area contributed by atoms with Gasteiger partial charge < -0.3 is 4.74 Å². The maximum atomic E-state index is 12.0. The van der Waals surface area contributed by atoms with E-state index in [-0.39, 0.29) is 4.90 Å². The van der Waals surface area contributed by atoms with Gasteiger partial charge in [-0.05, 0) is 24.6 Å². The Balaban J connectivity index is 3.50. The standard InChI is InChI=1S/C10H14BrNO3S/c1-7-5-9(15-4)10(6-8(7)11)16(13,14)12(2)3/h5-6H,1-4H3. The van der Waals surface area contributed by atoms with Gasteiger partial charge in [-0.15, -0.1) is 0 Å². The van der Waals surface area contributed by atoms with Crippen LogP contribution in [0.25, 0.3) is 0 Å². The second-order valence-corrected chi connectivity index (χ2v) is 6.51. The van der Waals surface area contributed by atoms with Crippen molar-refractivity contribution in [1.82, 2.24) is 4.31 Å². The first-order valence-corrected chi connectivity index (χ1v) is 6.80. The number of methoxy groups -OCH3 is 1. The Morgan fingerprint density at radius 2 is 1.88 bits per heavy atom. The van der Waals surface area contributed by atoms with Gasteiger partial charge in [-0.2, -0.15) is 0 Å². The number of aryl methyl sites for hydroxylation is 1. The minimum atomic E-state index is -3.48. The number of hydrogen-bond acceptors (Lipinski definition) is 3. The maximum Gasteiger partial charge on any atom is 0.246 e. The van der Waals surface area contributed by atoms with E-state index in [4.69, 9.17) is 4.74 Å². The van der Waals surface area contributed by atoms with Crippen molar-refractivity contribution in [2.24, 2.45) is 0 Å². The molecule has 0 radical (unpaired) electrons. The first-order valence-electron chi connectivity index (χ1n) is 4.57. The second-order valence-electron chi connectivity index (χ2n) is 3.54. The van der Waals surface area contributed by atoms with Crippen LogP contribution in [0.5, 0.6) is 5.75 Å². The second kappa shape index (κ2) is 4.73. The molecule has 0 aliphatic heterocycles. The molecule has 0 bridgehead atoms. The van der Waals surface area contributed by atoms with Gasteiger partial charge in [0.1, 0.15) is 10.6 Å². The smallest absolute Gasteiger partial charge is 0.246 e. The monoisotopic (exact) mass is 307 g/mol. The lowest BCUT2D eigenvalue weighted by atomic mass is 10.2. The molecule has 0 saturated heterocycles. The Morgan fingerprint density at radius 1 is 1.31 bits per heavy atom. The third-order valence-corrected chi connectivity index (χ3v) is 4.89. The van der Waals surface area contributed by atoms with Gasteiger partial charge in [0.15, 0.2) is 0 Å². The van der Waals surface area contributed by atoms with E-state index in [9.17, 15) is 8.42 Å². The molecule has 6 heteroatoms. The Morgan fingerprint density at radius 3 is 2.31 bits per heavy atom. The fourth-order valence-electron chi connectivity index (χ4n) is 1.19. The topological polar surface area (TPSA) is 46.6 Å². The molecule has 0 fully saturated rings. The lowest BCUT2D eigenvalue weighted by molar-refractivity contribution is 0.400. The SMILES string of the molecule is COc1cc(C)c(Br)cc1S(=O)(=O)N(C)C. The molecule has 4 nitrogen and oxygen atoms in total. The molecule has 1 rings (SSSR count). The van der Waals surface area contributed by atoms with Gasteiger partial charge in [-0.25, -0.2) is 12.7 Å². The fourth-order valence-corrected chi connectivity index (χ4v) is 2.75. The molecule has 0 aliphatic rings. The van der Waals surface area contributed by atoms with Crippen molar-refractivity contribution in [3.8, 4) is 5.75 Å². The molecule has 0 spiro atoms. The van der Waals surface area contributed by atoms with Gasteiger partial charge in [0.05, 0.1) is 7.11 Å². The summed E-state index contributed by atoms with van der Waals surface area (Å²) in [5.41, 5.74) is 0.926. The lowest BCUT2D eigenvalue weighted by Gasteiger charge is -2.15. The Hall–Kier alpha value is -0.590. The van der Waals surface area contributed by atoms with E-state index in [0.717, 1.165) is 14.3 Å². The number of rotatable bonds is 3. The average molecular weight is 308 g/mol. The largest absolute Gasteiger partial charge is 0.495 e. The van der Waals surface area contributed by atoms with Crippen LogP contribution in [0, 0.1) is 6.92 Å². The number of sulfonamides is 1. The first kappa shape index (κ1) is 13.5. The maximum absolute atomic E-state index is 12.0. The highest BCUT2D eigenvalue weighted by atomic mass is 79.9. The van der Waals surface area contributed by atoms with Gasteiger partial charge >= 0.3 is 0 Å². The minimum absolute atomic E-state index is 0.164. The molecule has 0 aliphatic carbocycles. The quantitative estimate of drug-likeness (QED) is 0.858. The zero-order valence-electron chi connectivity index (χ0n) is 9.61. The molecule has 0 heterocycles. The molecule has 0 unspecified atom stereocenters. The molecule has 0 amide bonds. The zero-order chi connectivity index (χ0) is 12.5. The predicted molar refractivity (Wildman–Crippen MR) is 66.3 cm³/mol. The van der Waals surface area contributed by atoms with Crippen molar-refractivity contribution in [2.75, 3.05) is 21.2 Å². The van der Waals surface area contributed by atoms with Gasteiger partial charge in [-0.1, -0.05) is 15.9 Å². The van der Waals surface area contributed by atoms with E-state index in [0.29, 0.717) is 5.75 Å². The normalized spacial score (nSPS) is 11.9. The van der Waals surface area contributed by atoms with Crippen LogP contribution < -0.4 is 4.74 Å². The summed E-state index contributed by atoms with van der Waals surface area (Å²) in [5.74, 6) is 0.356. The number of hydrogen-bond donors (Lipinski definition) is 0. The molecule has 0 saturated carbocycles. The molecule has 16 heavy (non-hydrogen) atoms. The highest BCUT2D eigenvalue weighted by molar-refractivity contribution is 9.10.